The minimum atomic E-state index is -0.399. The molecule has 140 valence electrons. The van der Waals surface area contributed by atoms with Gasteiger partial charge in [-0.2, -0.15) is 5.10 Å². The number of thiazole rings is 1. The van der Waals surface area contributed by atoms with Crippen LogP contribution in [0.1, 0.15) is 27.4 Å². The first kappa shape index (κ1) is 18.1. The Bertz CT molecular complexity index is 1100. The van der Waals surface area contributed by atoms with Crippen LogP contribution in [0, 0.1) is 13.8 Å². The Balaban J connectivity index is 1.49. The Labute approximate surface area is 166 Å². The second-order valence-electron chi connectivity index (χ2n) is 6.23. The van der Waals surface area contributed by atoms with Crippen LogP contribution in [-0.2, 0) is 11.3 Å². The molecule has 0 radical (unpaired) electrons. The smallest absolute Gasteiger partial charge is 0.342 e. The molecule has 0 saturated carbocycles. The van der Waals surface area contributed by atoms with Crippen molar-refractivity contribution >= 4 is 17.3 Å². The van der Waals surface area contributed by atoms with Crippen LogP contribution in [0.2, 0.25) is 0 Å². The number of pyridine rings is 1. The zero-order chi connectivity index (χ0) is 19.5. The van der Waals surface area contributed by atoms with E-state index in [-0.39, 0.29) is 6.61 Å². The van der Waals surface area contributed by atoms with Crippen molar-refractivity contribution in [3.63, 3.8) is 0 Å². The molecule has 0 aliphatic carbocycles. The van der Waals surface area contributed by atoms with Crippen LogP contribution in [0.5, 0.6) is 0 Å². The summed E-state index contributed by atoms with van der Waals surface area (Å²) in [5.41, 5.74) is 4.29. The third-order valence-corrected chi connectivity index (χ3v) is 5.20. The first-order valence-electron chi connectivity index (χ1n) is 8.78. The van der Waals surface area contributed by atoms with Crippen molar-refractivity contribution in [2.75, 3.05) is 0 Å². The second-order valence-corrected chi connectivity index (χ2v) is 7.09. The summed E-state index contributed by atoms with van der Waals surface area (Å²) in [6.45, 7) is 3.79. The van der Waals surface area contributed by atoms with Crippen molar-refractivity contribution in [1.29, 1.82) is 0 Å². The van der Waals surface area contributed by atoms with Gasteiger partial charge in [0, 0.05) is 11.6 Å². The molecule has 0 atom stereocenters. The zero-order valence-corrected chi connectivity index (χ0v) is 16.3. The van der Waals surface area contributed by atoms with E-state index >= 15 is 0 Å². The fourth-order valence-electron chi connectivity index (χ4n) is 2.95. The van der Waals surface area contributed by atoms with Gasteiger partial charge in [0.2, 0.25) is 0 Å². The van der Waals surface area contributed by atoms with Gasteiger partial charge in [-0.1, -0.05) is 24.3 Å². The van der Waals surface area contributed by atoms with Gasteiger partial charge in [0.1, 0.15) is 17.2 Å². The van der Waals surface area contributed by atoms with E-state index in [1.807, 2.05) is 67.8 Å². The van der Waals surface area contributed by atoms with Gasteiger partial charge in [-0.15, -0.1) is 11.3 Å². The van der Waals surface area contributed by atoms with Crippen molar-refractivity contribution in [2.45, 2.75) is 20.5 Å². The Morgan fingerprint density at radius 2 is 1.89 bits per heavy atom. The number of carbonyl (C=O) groups is 1. The molecule has 0 bridgehead atoms. The van der Waals surface area contributed by atoms with Crippen LogP contribution in [0.4, 0.5) is 0 Å². The minimum Gasteiger partial charge on any atom is -0.455 e. The molecule has 0 saturated heterocycles. The summed E-state index contributed by atoms with van der Waals surface area (Å²) in [7, 11) is 0. The van der Waals surface area contributed by atoms with Crippen molar-refractivity contribution in [3.8, 4) is 16.4 Å². The third-order valence-electron chi connectivity index (χ3n) is 4.28. The number of benzene rings is 1. The van der Waals surface area contributed by atoms with Crippen molar-refractivity contribution in [3.05, 3.63) is 82.8 Å². The van der Waals surface area contributed by atoms with E-state index in [0.29, 0.717) is 17.0 Å². The molecule has 28 heavy (non-hydrogen) atoms. The maximum absolute atomic E-state index is 12.7. The number of hydrogen-bond donors (Lipinski definition) is 0. The molecular weight excluding hydrogens is 372 g/mol. The number of esters is 1. The van der Waals surface area contributed by atoms with E-state index in [9.17, 15) is 4.79 Å². The zero-order valence-electron chi connectivity index (χ0n) is 15.5. The SMILES string of the molecule is Cc1nn(-c2ccccc2)c(C)c1C(=O)OCc1csc(-c2ccccn2)n1. The molecule has 0 aliphatic rings. The molecule has 1 aromatic carbocycles. The van der Waals surface area contributed by atoms with Gasteiger partial charge in [-0.05, 0) is 38.1 Å². The molecule has 0 unspecified atom stereocenters. The number of aryl methyl sites for hydroxylation is 1. The largest absolute Gasteiger partial charge is 0.455 e. The molecule has 0 fully saturated rings. The maximum Gasteiger partial charge on any atom is 0.342 e. The standard InChI is InChI=1S/C21H18N4O2S/c1-14-19(15(2)25(24-14)17-8-4-3-5-9-17)21(26)27-12-16-13-28-20(23-16)18-10-6-7-11-22-18/h3-11,13H,12H2,1-2H3. The molecule has 3 aromatic heterocycles. The summed E-state index contributed by atoms with van der Waals surface area (Å²) < 4.78 is 7.26. The van der Waals surface area contributed by atoms with Gasteiger partial charge < -0.3 is 4.74 Å². The van der Waals surface area contributed by atoms with Crippen LogP contribution >= 0.6 is 11.3 Å². The Morgan fingerprint density at radius 3 is 2.64 bits per heavy atom. The number of para-hydroxylation sites is 1. The average Bonchev–Trinajstić information content (AvgIpc) is 3.32. The molecule has 7 heteroatoms. The minimum absolute atomic E-state index is 0.109. The highest BCUT2D eigenvalue weighted by Gasteiger charge is 2.21. The van der Waals surface area contributed by atoms with E-state index in [1.165, 1.54) is 11.3 Å². The number of rotatable bonds is 5. The van der Waals surface area contributed by atoms with Gasteiger partial charge in [-0.25, -0.2) is 14.5 Å². The summed E-state index contributed by atoms with van der Waals surface area (Å²) in [6.07, 6.45) is 1.73. The van der Waals surface area contributed by atoms with Crippen LogP contribution in [0.25, 0.3) is 16.4 Å². The topological polar surface area (TPSA) is 69.9 Å². The van der Waals surface area contributed by atoms with Crippen molar-refractivity contribution in [1.82, 2.24) is 19.7 Å². The molecule has 0 aliphatic heterocycles. The monoisotopic (exact) mass is 390 g/mol. The lowest BCUT2D eigenvalue weighted by atomic mass is 10.2. The van der Waals surface area contributed by atoms with E-state index in [2.05, 4.69) is 15.1 Å². The quantitative estimate of drug-likeness (QED) is 0.474. The first-order valence-corrected chi connectivity index (χ1v) is 9.66. The summed E-state index contributed by atoms with van der Waals surface area (Å²) in [5, 5.41) is 7.18. The number of aromatic nitrogens is 4. The summed E-state index contributed by atoms with van der Waals surface area (Å²) in [5.74, 6) is -0.399. The molecule has 4 rings (SSSR count). The lowest BCUT2D eigenvalue weighted by Crippen LogP contribution is -2.08. The lowest BCUT2D eigenvalue weighted by Gasteiger charge is -2.05. The Morgan fingerprint density at radius 1 is 1.11 bits per heavy atom. The predicted octanol–water partition coefficient (Wildman–Crippen LogP) is 4.36. The van der Waals surface area contributed by atoms with E-state index in [1.54, 1.807) is 10.9 Å². The van der Waals surface area contributed by atoms with Crippen molar-refractivity contribution < 1.29 is 9.53 Å². The third kappa shape index (κ3) is 3.57. The van der Waals surface area contributed by atoms with E-state index in [0.717, 1.165) is 22.1 Å². The van der Waals surface area contributed by atoms with Crippen LogP contribution in [-0.4, -0.2) is 25.7 Å². The molecule has 0 spiro atoms. The summed E-state index contributed by atoms with van der Waals surface area (Å²) >= 11 is 1.48. The van der Waals surface area contributed by atoms with Crippen LogP contribution < -0.4 is 0 Å². The Kier molecular flexibility index (Phi) is 4.99. The highest BCUT2D eigenvalue weighted by molar-refractivity contribution is 7.13. The highest BCUT2D eigenvalue weighted by atomic mass is 32.1. The van der Waals surface area contributed by atoms with Crippen LogP contribution in [0.15, 0.2) is 60.1 Å². The predicted molar refractivity (Wildman–Crippen MR) is 108 cm³/mol. The van der Waals surface area contributed by atoms with E-state index in [4.69, 9.17) is 4.74 Å². The molecule has 3 heterocycles. The number of carbonyl (C=O) groups excluding carboxylic acids is 1. The molecule has 0 N–H and O–H groups in total. The van der Waals surface area contributed by atoms with Gasteiger partial charge >= 0.3 is 5.97 Å². The molecule has 0 amide bonds. The second kappa shape index (κ2) is 7.74. The fraction of sp³-hybridized carbons (Fsp3) is 0.143. The maximum atomic E-state index is 12.7. The number of nitrogens with zero attached hydrogens (tertiary/aromatic N) is 4. The summed E-state index contributed by atoms with van der Waals surface area (Å²) in [6, 6.07) is 15.4. The van der Waals surface area contributed by atoms with Gasteiger partial charge in [0.25, 0.3) is 0 Å². The number of ether oxygens (including phenoxy) is 1. The van der Waals surface area contributed by atoms with Crippen LogP contribution in [0.3, 0.4) is 0 Å². The Hall–Kier alpha value is -3.32. The van der Waals surface area contributed by atoms with E-state index < -0.39 is 5.97 Å². The molecule has 4 aromatic rings. The van der Waals surface area contributed by atoms with Gasteiger partial charge in [0.15, 0.2) is 0 Å². The first-order chi connectivity index (χ1) is 13.6. The number of hydrogen-bond acceptors (Lipinski definition) is 6. The molecule has 6 nitrogen and oxygen atoms in total. The van der Waals surface area contributed by atoms with Gasteiger partial charge in [-0.3, -0.25) is 4.98 Å². The fourth-order valence-corrected chi connectivity index (χ4v) is 3.73. The summed E-state index contributed by atoms with van der Waals surface area (Å²) in [4.78, 5) is 21.5. The van der Waals surface area contributed by atoms with Gasteiger partial charge in [0.05, 0.1) is 28.5 Å². The molecular formula is C21H18N4O2S. The normalized spacial score (nSPS) is 10.8. The van der Waals surface area contributed by atoms with Crippen molar-refractivity contribution in [2.24, 2.45) is 0 Å². The highest BCUT2D eigenvalue weighted by Crippen LogP contribution is 2.23. The lowest BCUT2D eigenvalue weighted by molar-refractivity contribution is 0.0466. The average molecular weight is 390 g/mol.